The van der Waals surface area contributed by atoms with Gasteiger partial charge in [-0.3, -0.25) is 0 Å². The Morgan fingerprint density at radius 3 is 2.42 bits per heavy atom. The lowest BCUT2D eigenvalue weighted by atomic mass is 9.87. The lowest BCUT2D eigenvalue weighted by Crippen LogP contribution is -2.08. The van der Waals surface area contributed by atoms with E-state index in [1.165, 1.54) is 5.46 Å². The van der Waals surface area contributed by atoms with Crippen LogP contribution in [0.15, 0.2) is 12.1 Å². The van der Waals surface area contributed by atoms with Crippen molar-refractivity contribution in [1.82, 2.24) is 0 Å². The van der Waals surface area contributed by atoms with Crippen molar-refractivity contribution >= 4 is 13.3 Å². The minimum absolute atomic E-state index is 0.393. The number of phenols is 1. The van der Waals surface area contributed by atoms with Crippen molar-refractivity contribution in [1.29, 1.82) is 0 Å². The molecule has 0 aliphatic heterocycles. The summed E-state index contributed by atoms with van der Waals surface area (Å²) < 4.78 is 0. The van der Waals surface area contributed by atoms with Crippen LogP contribution in [0.2, 0.25) is 0 Å². The molecule has 0 saturated carbocycles. The van der Waals surface area contributed by atoms with E-state index in [1.54, 1.807) is 0 Å². The molecule has 2 heteroatoms. The first kappa shape index (κ1) is 9.18. The minimum atomic E-state index is 0.393. The van der Waals surface area contributed by atoms with Gasteiger partial charge in [0, 0.05) is 0 Å². The first-order valence-electron chi connectivity index (χ1n) is 4.32. The second kappa shape index (κ2) is 3.22. The first-order valence-corrected chi connectivity index (χ1v) is 4.32. The topological polar surface area (TPSA) is 20.2 Å². The van der Waals surface area contributed by atoms with E-state index in [0.29, 0.717) is 11.7 Å². The Morgan fingerprint density at radius 2 is 1.92 bits per heavy atom. The Morgan fingerprint density at radius 1 is 1.33 bits per heavy atom. The Hall–Kier alpha value is -0.915. The molecule has 0 unspecified atom stereocenters. The van der Waals surface area contributed by atoms with Gasteiger partial charge in [0.05, 0.1) is 0 Å². The highest BCUT2D eigenvalue weighted by atomic mass is 16.3. The molecule has 1 rings (SSSR count). The molecule has 1 aromatic rings. The molecule has 0 aliphatic carbocycles. The third-order valence-corrected chi connectivity index (χ3v) is 2.27. The molecule has 1 N–H and O–H groups in total. The summed E-state index contributed by atoms with van der Waals surface area (Å²) in [6, 6.07) is 3.90. The number of hydrogen-bond donors (Lipinski definition) is 1. The van der Waals surface area contributed by atoms with Crippen LogP contribution in [0.4, 0.5) is 0 Å². The summed E-state index contributed by atoms with van der Waals surface area (Å²) in [4.78, 5) is 0. The van der Waals surface area contributed by atoms with Gasteiger partial charge in [-0.1, -0.05) is 30.9 Å². The fraction of sp³-hybridized carbons (Fsp3) is 0.400. The van der Waals surface area contributed by atoms with Crippen molar-refractivity contribution in [2.45, 2.75) is 26.7 Å². The fourth-order valence-electron chi connectivity index (χ4n) is 1.29. The van der Waals surface area contributed by atoms with Gasteiger partial charge >= 0.3 is 0 Å². The molecule has 0 amide bonds. The van der Waals surface area contributed by atoms with E-state index in [0.717, 1.165) is 11.1 Å². The molecule has 0 heterocycles. The monoisotopic (exact) mass is 162 g/mol. The molecule has 0 spiro atoms. The zero-order chi connectivity index (χ0) is 9.30. The van der Waals surface area contributed by atoms with Crippen LogP contribution in [0, 0.1) is 6.92 Å². The lowest BCUT2D eigenvalue weighted by molar-refractivity contribution is 0.464. The molecule has 0 aliphatic rings. The molecule has 1 nitrogen and oxygen atoms in total. The Kier molecular flexibility index (Phi) is 2.46. The second-order valence-electron chi connectivity index (χ2n) is 3.65. The number of rotatable bonds is 1. The van der Waals surface area contributed by atoms with Gasteiger partial charge in [-0.25, -0.2) is 0 Å². The maximum Gasteiger partial charge on any atom is 0.139 e. The summed E-state index contributed by atoms with van der Waals surface area (Å²) in [6.45, 7) is 6.19. The number of hydrogen-bond acceptors (Lipinski definition) is 1. The number of benzene rings is 1. The van der Waals surface area contributed by atoms with Crippen molar-refractivity contribution in [2.75, 3.05) is 0 Å². The van der Waals surface area contributed by atoms with E-state index in [-0.39, 0.29) is 0 Å². The molecule has 1 aromatic carbocycles. The standard InChI is InChI=1S/C10H15BO/c1-6(2)8-5-9(11)7(3)4-10(8)12/h4-6,12H,11H2,1-3H3. The number of aromatic hydroxyl groups is 1. The third kappa shape index (κ3) is 1.63. The highest BCUT2D eigenvalue weighted by Crippen LogP contribution is 2.24. The van der Waals surface area contributed by atoms with Crippen LogP contribution < -0.4 is 5.46 Å². The van der Waals surface area contributed by atoms with Crippen LogP contribution in [0.25, 0.3) is 0 Å². The van der Waals surface area contributed by atoms with Gasteiger partial charge in [0.2, 0.25) is 0 Å². The van der Waals surface area contributed by atoms with Gasteiger partial charge in [0.1, 0.15) is 13.6 Å². The van der Waals surface area contributed by atoms with E-state index >= 15 is 0 Å². The zero-order valence-electron chi connectivity index (χ0n) is 8.18. The summed E-state index contributed by atoms with van der Waals surface area (Å²) in [5.41, 5.74) is 3.44. The quantitative estimate of drug-likeness (QED) is 0.612. The van der Waals surface area contributed by atoms with E-state index < -0.39 is 0 Å². The predicted molar refractivity (Wildman–Crippen MR) is 55.1 cm³/mol. The Balaban J connectivity index is 3.23. The highest BCUT2D eigenvalue weighted by Gasteiger charge is 2.06. The molecule has 0 atom stereocenters. The normalized spacial score (nSPS) is 10.7. The van der Waals surface area contributed by atoms with Crippen molar-refractivity contribution in [3.05, 3.63) is 23.3 Å². The highest BCUT2D eigenvalue weighted by molar-refractivity contribution is 6.33. The van der Waals surface area contributed by atoms with Gasteiger partial charge in [0.25, 0.3) is 0 Å². The maximum absolute atomic E-state index is 9.59. The van der Waals surface area contributed by atoms with Crippen LogP contribution >= 0.6 is 0 Å². The molecule has 0 bridgehead atoms. The second-order valence-corrected chi connectivity index (χ2v) is 3.65. The molecule has 0 fully saturated rings. The zero-order valence-corrected chi connectivity index (χ0v) is 8.18. The van der Waals surface area contributed by atoms with Crippen molar-refractivity contribution in [2.24, 2.45) is 0 Å². The van der Waals surface area contributed by atoms with E-state index in [4.69, 9.17) is 0 Å². The molecule has 64 valence electrons. The van der Waals surface area contributed by atoms with E-state index in [1.807, 2.05) is 13.0 Å². The average molecular weight is 162 g/mol. The van der Waals surface area contributed by atoms with Crippen LogP contribution in [-0.2, 0) is 0 Å². The van der Waals surface area contributed by atoms with E-state index in [2.05, 4.69) is 27.8 Å². The summed E-state index contributed by atoms with van der Waals surface area (Å²) in [5, 5.41) is 9.59. The van der Waals surface area contributed by atoms with Crippen molar-refractivity contribution in [3.63, 3.8) is 0 Å². The van der Waals surface area contributed by atoms with Gasteiger partial charge in [0.15, 0.2) is 0 Å². The summed E-state index contributed by atoms with van der Waals surface area (Å²) >= 11 is 0. The van der Waals surface area contributed by atoms with Crippen LogP contribution in [0.5, 0.6) is 5.75 Å². The van der Waals surface area contributed by atoms with E-state index in [9.17, 15) is 5.11 Å². The largest absolute Gasteiger partial charge is 0.508 e. The summed E-state index contributed by atoms with van der Waals surface area (Å²) in [6.07, 6.45) is 0. The molecule has 0 radical (unpaired) electrons. The lowest BCUT2D eigenvalue weighted by Gasteiger charge is -2.11. The minimum Gasteiger partial charge on any atom is -0.508 e. The van der Waals surface area contributed by atoms with Gasteiger partial charge < -0.3 is 5.11 Å². The van der Waals surface area contributed by atoms with Crippen molar-refractivity contribution < 1.29 is 5.11 Å². The molecule has 12 heavy (non-hydrogen) atoms. The first-order chi connectivity index (χ1) is 5.52. The SMILES string of the molecule is Bc1cc(C(C)C)c(O)cc1C. The van der Waals surface area contributed by atoms with Crippen LogP contribution in [-0.4, -0.2) is 13.0 Å². The Labute approximate surface area is 74.8 Å². The van der Waals surface area contributed by atoms with Gasteiger partial charge in [-0.2, -0.15) is 0 Å². The average Bonchev–Trinajstić information content (AvgIpc) is 1.96. The molecular weight excluding hydrogens is 147 g/mol. The molecule has 0 aromatic heterocycles. The van der Waals surface area contributed by atoms with Gasteiger partial charge in [-0.15, -0.1) is 0 Å². The molecule has 0 saturated heterocycles. The predicted octanol–water partition coefficient (Wildman–Crippen LogP) is 1.08. The Bertz CT molecular complexity index is 292. The third-order valence-electron chi connectivity index (χ3n) is 2.27. The number of phenolic OH excluding ortho intramolecular Hbond substituents is 1. The van der Waals surface area contributed by atoms with Gasteiger partial charge in [-0.05, 0) is 24.5 Å². The van der Waals surface area contributed by atoms with Crippen LogP contribution in [0.1, 0.15) is 30.9 Å². The smallest absolute Gasteiger partial charge is 0.139 e. The number of aryl methyl sites for hydroxylation is 1. The van der Waals surface area contributed by atoms with Crippen LogP contribution in [0.3, 0.4) is 0 Å². The maximum atomic E-state index is 9.59. The fourth-order valence-corrected chi connectivity index (χ4v) is 1.29. The molecular formula is C10H15BO. The summed E-state index contributed by atoms with van der Waals surface area (Å²) in [5.74, 6) is 0.817. The summed E-state index contributed by atoms with van der Waals surface area (Å²) in [7, 11) is 2.07. The van der Waals surface area contributed by atoms with Crippen molar-refractivity contribution in [3.8, 4) is 5.75 Å².